The highest BCUT2D eigenvalue weighted by molar-refractivity contribution is 5.85. The molecule has 2 unspecified atom stereocenters. The predicted octanol–water partition coefficient (Wildman–Crippen LogP) is 1.64. The van der Waals surface area contributed by atoms with Crippen LogP contribution in [-0.2, 0) is 4.79 Å². The van der Waals surface area contributed by atoms with Crippen molar-refractivity contribution < 1.29 is 14.7 Å². The normalized spacial score (nSPS) is 41.6. The van der Waals surface area contributed by atoms with Crippen molar-refractivity contribution in [2.75, 3.05) is 0 Å². The van der Waals surface area contributed by atoms with Crippen LogP contribution in [0.2, 0.25) is 0 Å². The van der Waals surface area contributed by atoms with Gasteiger partial charge < -0.3 is 5.11 Å². The molecule has 1 amide bonds. The van der Waals surface area contributed by atoms with E-state index in [0.29, 0.717) is 12.8 Å². The third-order valence-electron chi connectivity index (χ3n) is 3.63. The highest BCUT2D eigenvalue weighted by atomic mass is 16.4. The van der Waals surface area contributed by atoms with E-state index >= 15 is 0 Å². The summed E-state index contributed by atoms with van der Waals surface area (Å²) in [6, 6.07) is 0. The van der Waals surface area contributed by atoms with E-state index in [1.165, 1.54) is 4.90 Å². The molecule has 4 nitrogen and oxygen atoms in total. The average molecular weight is 197 g/mol. The Morgan fingerprint density at radius 1 is 1.29 bits per heavy atom. The first kappa shape index (κ1) is 9.49. The monoisotopic (exact) mass is 197 g/mol. The predicted molar refractivity (Wildman–Crippen MR) is 50.1 cm³/mol. The first-order valence-corrected chi connectivity index (χ1v) is 4.92. The van der Waals surface area contributed by atoms with Gasteiger partial charge in [-0.05, 0) is 26.7 Å². The van der Waals surface area contributed by atoms with Crippen molar-refractivity contribution in [3.63, 3.8) is 0 Å². The fourth-order valence-electron chi connectivity index (χ4n) is 3.12. The van der Waals surface area contributed by atoms with Crippen molar-refractivity contribution in [2.45, 2.75) is 50.6 Å². The lowest BCUT2D eigenvalue weighted by atomic mass is 9.85. The summed E-state index contributed by atoms with van der Waals surface area (Å²) < 4.78 is 0. The molecular weight excluding hydrogens is 182 g/mol. The number of hydrogen-bond donors (Lipinski definition) is 1. The number of carbonyl (C=O) groups excluding carboxylic acids is 1. The number of fused-ring (bicyclic) bond motifs is 2. The minimum Gasteiger partial charge on any atom is -0.465 e. The molecule has 2 fully saturated rings. The summed E-state index contributed by atoms with van der Waals surface area (Å²) in [5.41, 5.74) is -0.897. The third-order valence-corrected chi connectivity index (χ3v) is 3.63. The van der Waals surface area contributed by atoms with Gasteiger partial charge in [-0.2, -0.15) is 0 Å². The topological polar surface area (TPSA) is 57.6 Å². The Morgan fingerprint density at radius 3 is 2.07 bits per heavy atom. The van der Waals surface area contributed by atoms with Crippen LogP contribution < -0.4 is 0 Å². The Bertz CT molecular complexity index is 292. The molecule has 1 N–H and O–H groups in total. The number of ketones is 1. The lowest BCUT2D eigenvalue weighted by Crippen LogP contribution is -2.59. The maximum atomic E-state index is 11.5. The van der Waals surface area contributed by atoms with Gasteiger partial charge >= 0.3 is 6.09 Å². The standard InChI is InChI=1S/C10H15NO3/c1-9-3-4-10(2,6-7(12)5-9)11(9)8(13)14/h3-6H2,1-2H3,(H,13,14). The van der Waals surface area contributed by atoms with Crippen molar-refractivity contribution in [2.24, 2.45) is 0 Å². The molecule has 2 rings (SSSR count). The molecule has 78 valence electrons. The van der Waals surface area contributed by atoms with Gasteiger partial charge in [-0.25, -0.2) is 4.79 Å². The second-order valence-electron chi connectivity index (χ2n) is 5.00. The molecule has 0 spiro atoms. The Labute approximate surface area is 82.9 Å². The van der Waals surface area contributed by atoms with Crippen LogP contribution in [0.25, 0.3) is 0 Å². The number of amides is 1. The van der Waals surface area contributed by atoms with Gasteiger partial charge in [-0.3, -0.25) is 9.69 Å². The van der Waals surface area contributed by atoms with E-state index in [0.717, 1.165) is 12.8 Å². The van der Waals surface area contributed by atoms with Crippen LogP contribution in [0.3, 0.4) is 0 Å². The van der Waals surface area contributed by atoms with Gasteiger partial charge in [0.15, 0.2) is 0 Å². The second kappa shape index (κ2) is 2.49. The van der Waals surface area contributed by atoms with Gasteiger partial charge in [0.2, 0.25) is 0 Å². The van der Waals surface area contributed by atoms with Gasteiger partial charge in [0.25, 0.3) is 0 Å². The summed E-state index contributed by atoms with van der Waals surface area (Å²) in [5, 5.41) is 9.15. The molecule has 0 aromatic carbocycles. The first-order valence-electron chi connectivity index (χ1n) is 4.92. The summed E-state index contributed by atoms with van der Waals surface area (Å²) in [5.74, 6) is 0.199. The number of piperidine rings is 1. The molecule has 2 saturated heterocycles. The van der Waals surface area contributed by atoms with Crippen LogP contribution in [0, 0.1) is 0 Å². The summed E-state index contributed by atoms with van der Waals surface area (Å²) >= 11 is 0. The maximum Gasteiger partial charge on any atom is 0.408 e. The minimum absolute atomic E-state index is 0.199. The Balaban J connectivity index is 2.42. The molecule has 2 heterocycles. The van der Waals surface area contributed by atoms with Crippen LogP contribution in [0.15, 0.2) is 0 Å². The highest BCUT2D eigenvalue weighted by Crippen LogP contribution is 2.48. The largest absolute Gasteiger partial charge is 0.465 e. The molecule has 2 atom stereocenters. The molecule has 0 aliphatic carbocycles. The van der Waals surface area contributed by atoms with E-state index in [4.69, 9.17) is 5.11 Å². The van der Waals surface area contributed by atoms with E-state index in [-0.39, 0.29) is 5.78 Å². The van der Waals surface area contributed by atoms with E-state index in [2.05, 4.69) is 0 Å². The number of Topliss-reactive ketones (excluding diaryl/α,β-unsaturated/α-hetero) is 1. The molecule has 0 aromatic rings. The fourth-order valence-corrected chi connectivity index (χ4v) is 3.12. The van der Waals surface area contributed by atoms with Gasteiger partial charge in [0.1, 0.15) is 5.78 Å². The molecule has 0 radical (unpaired) electrons. The van der Waals surface area contributed by atoms with Crippen LogP contribution in [0.1, 0.15) is 39.5 Å². The molecule has 4 heteroatoms. The van der Waals surface area contributed by atoms with Crippen molar-refractivity contribution in [3.05, 3.63) is 0 Å². The Hall–Kier alpha value is -1.06. The number of hydrogen-bond acceptors (Lipinski definition) is 2. The second-order valence-corrected chi connectivity index (χ2v) is 5.00. The van der Waals surface area contributed by atoms with Crippen LogP contribution in [0.4, 0.5) is 4.79 Å². The summed E-state index contributed by atoms with van der Waals surface area (Å²) in [7, 11) is 0. The summed E-state index contributed by atoms with van der Waals surface area (Å²) in [4.78, 5) is 24.1. The molecule has 0 aromatic heterocycles. The van der Waals surface area contributed by atoms with Crippen molar-refractivity contribution in [1.82, 2.24) is 4.90 Å². The van der Waals surface area contributed by atoms with E-state index < -0.39 is 17.2 Å². The van der Waals surface area contributed by atoms with E-state index in [1.807, 2.05) is 13.8 Å². The molecule has 2 aliphatic rings. The summed E-state index contributed by atoms with van der Waals surface area (Å²) in [6.07, 6.45) is 1.49. The van der Waals surface area contributed by atoms with Crippen molar-refractivity contribution in [1.29, 1.82) is 0 Å². The van der Waals surface area contributed by atoms with E-state index in [9.17, 15) is 9.59 Å². The van der Waals surface area contributed by atoms with Crippen LogP contribution in [0.5, 0.6) is 0 Å². The first-order chi connectivity index (χ1) is 6.37. The fraction of sp³-hybridized carbons (Fsp3) is 0.800. The van der Waals surface area contributed by atoms with Crippen LogP contribution in [-0.4, -0.2) is 33.0 Å². The third kappa shape index (κ3) is 1.06. The molecule has 2 aliphatic heterocycles. The summed E-state index contributed by atoms with van der Waals surface area (Å²) in [6.45, 7) is 3.76. The number of rotatable bonds is 0. The SMILES string of the molecule is CC12CCC(C)(CC(=O)C1)N2C(=O)O. The van der Waals surface area contributed by atoms with Gasteiger partial charge in [0.05, 0.1) is 11.1 Å². The zero-order chi connectivity index (χ0) is 10.6. The molecular formula is C10H15NO3. The smallest absolute Gasteiger partial charge is 0.408 e. The Morgan fingerprint density at radius 2 is 1.71 bits per heavy atom. The maximum absolute atomic E-state index is 11.5. The molecule has 2 bridgehead atoms. The number of nitrogens with zero attached hydrogens (tertiary/aromatic N) is 1. The average Bonchev–Trinajstić information content (AvgIpc) is 2.15. The van der Waals surface area contributed by atoms with E-state index in [1.54, 1.807) is 0 Å². The van der Waals surface area contributed by atoms with Gasteiger partial charge in [-0.15, -0.1) is 0 Å². The van der Waals surface area contributed by atoms with Crippen molar-refractivity contribution >= 4 is 11.9 Å². The molecule has 0 saturated carbocycles. The lowest BCUT2D eigenvalue weighted by molar-refractivity contribution is -0.127. The van der Waals surface area contributed by atoms with Crippen LogP contribution >= 0.6 is 0 Å². The molecule has 14 heavy (non-hydrogen) atoms. The zero-order valence-electron chi connectivity index (χ0n) is 8.54. The quantitative estimate of drug-likeness (QED) is 0.642. The number of carbonyl (C=O) groups is 2. The zero-order valence-corrected chi connectivity index (χ0v) is 8.54. The Kier molecular flexibility index (Phi) is 1.69. The van der Waals surface area contributed by atoms with Crippen molar-refractivity contribution in [3.8, 4) is 0 Å². The highest BCUT2D eigenvalue weighted by Gasteiger charge is 2.57. The van der Waals surface area contributed by atoms with Gasteiger partial charge in [0, 0.05) is 12.8 Å². The number of carboxylic acid groups (broad SMARTS) is 1. The minimum atomic E-state index is -0.889. The lowest BCUT2D eigenvalue weighted by Gasteiger charge is -2.45. The van der Waals surface area contributed by atoms with Gasteiger partial charge in [-0.1, -0.05) is 0 Å².